The lowest BCUT2D eigenvalue weighted by Gasteiger charge is -2.14. The SMILES string of the molecule is COc1ccc(OC)c(NC(=O)Cn2c3ncccc3c(=O)n2-c2ccc(C)cc2)c1. The van der Waals surface area contributed by atoms with E-state index in [0.29, 0.717) is 33.9 Å². The highest BCUT2D eigenvalue weighted by Crippen LogP contribution is 2.29. The number of aryl methyl sites for hydroxylation is 1. The summed E-state index contributed by atoms with van der Waals surface area (Å²) >= 11 is 0. The van der Waals surface area contributed by atoms with E-state index in [0.717, 1.165) is 5.56 Å². The van der Waals surface area contributed by atoms with Crippen LogP contribution in [0.1, 0.15) is 5.56 Å². The molecule has 2 heterocycles. The molecule has 0 unspecified atom stereocenters. The molecule has 0 bridgehead atoms. The molecule has 0 aliphatic heterocycles. The molecule has 8 heteroatoms. The van der Waals surface area contributed by atoms with Crippen molar-refractivity contribution in [3.63, 3.8) is 0 Å². The summed E-state index contributed by atoms with van der Waals surface area (Å²) in [6.45, 7) is 1.85. The summed E-state index contributed by atoms with van der Waals surface area (Å²) in [4.78, 5) is 30.4. The summed E-state index contributed by atoms with van der Waals surface area (Å²) in [6, 6.07) is 16.1. The van der Waals surface area contributed by atoms with Gasteiger partial charge in [-0.1, -0.05) is 17.7 Å². The van der Waals surface area contributed by atoms with Crippen LogP contribution >= 0.6 is 0 Å². The zero-order valence-corrected chi connectivity index (χ0v) is 17.5. The van der Waals surface area contributed by atoms with E-state index in [9.17, 15) is 9.59 Å². The number of nitrogens with zero attached hydrogens (tertiary/aromatic N) is 3. The van der Waals surface area contributed by atoms with E-state index in [1.54, 1.807) is 48.3 Å². The van der Waals surface area contributed by atoms with Gasteiger partial charge in [-0.2, -0.15) is 0 Å². The predicted octanol–water partition coefficient (Wildman–Crippen LogP) is 3.15. The number of amides is 1. The minimum absolute atomic E-state index is 0.121. The zero-order chi connectivity index (χ0) is 22.0. The second-order valence-electron chi connectivity index (χ2n) is 7.00. The van der Waals surface area contributed by atoms with Gasteiger partial charge in [0.1, 0.15) is 18.0 Å². The van der Waals surface area contributed by atoms with E-state index in [2.05, 4.69) is 10.3 Å². The van der Waals surface area contributed by atoms with Crippen molar-refractivity contribution in [3.05, 3.63) is 76.7 Å². The Morgan fingerprint density at radius 1 is 1.06 bits per heavy atom. The monoisotopic (exact) mass is 418 g/mol. The molecule has 0 aliphatic carbocycles. The number of hydrogen-bond donors (Lipinski definition) is 1. The topological polar surface area (TPSA) is 87.4 Å². The third kappa shape index (κ3) is 3.87. The van der Waals surface area contributed by atoms with Crippen molar-refractivity contribution in [2.24, 2.45) is 0 Å². The Kier molecular flexibility index (Phi) is 5.44. The molecule has 1 amide bonds. The van der Waals surface area contributed by atoms with E-state index in [4.69, 9.17) is 9.47 Å². The minimum Gasteiger partial charge on any atom is -0.497 e. The average Bonchev–Trinajstić information content (AvgIpc) is 3.06. The Hall–Kier alpha value is -4.07. The van der Waals surface area contributed by atoms with Crippen molar-refractivity contribution in [3.8, 4) is 17.2 Å². The number of carbonyl (C=O) groups excluding carboxylic acids is 1. The Morgan fingerprint density at radius 3 is 2.55 bits per heavy atom. The molecule has 0 saturated heterocycles. The Balaban J connectivity index is 1.75. The van der Waals surface area contributed by atoms with Gasteiger partial charge in [-0.3, -0.25) is 14.3 Å². The smallest absolute Gasteiger partial charge is 0.280 e. The molecule has 0 spiro atoms. The molecule has 0 atom stereocenters. The van der Waals surface area contributed by atoms with E-state index < -0.39 is 0 Å². The average molecular weight is 418 g/mol. The Morgan fingerprint density at radius 2 is 1.84 bits per heavy atom. The lowest BCUT2D eigenvalue weighted by Crippen LogP contribution is -2.27. The van der Waals surface area contributed by atoms with E-state index in [1.165, 1.54) is 11.8 Å². The van der Waals surface area contributed by atoms with Gasteiger partial charge in [0.25, 0.3) is 5.56 Å². The normalized spacial score (nSPS) is 10.8. The molecule has 0 fully saturated rings. The molecule has 8 nitrogen and oxygen atoms in total. The maximum atomic E-state index is 13.1. The summed E-state index contributed by atoms with van der Waals surface area (Å²) in [5.41, 5.74) is 2.39. The molecule has 4 rings (SSSR count). The molecule has 4 aromatic rings. The number of anilines is 1. The highest BCUT2D eigenvalue weighted by Gasteiger charge is 2.18. The van der Waals surface area contributed by atoms with Crippen molar-refractivity contribution < 1.29 is 14.3 Å². The van der Waals surface area contributed by atoms with Gasteiger partial charge in [0, 0.05) is 12.3 Å². The summed E-state index contributed by atoms with van der Waals surface area (Å²) < 4.78 is 13.6. The van der Waals surface area contributed by atoms with Crippen LogP contribution < -0.4 is 20.3 Å². The van der Waals surface area contributed by atoms with Crippen LogP contribution in [0.25, 0.3) is 16.7 Å². The molecule has 31 heavy (non-hydrogen) atoms. The number of nitrogens with one attached hydrogen (secondary N) is 1. The standard InChI is InChI=1S/C23H22N4O4/c1-15-6-8-16(9-7-15)27-23(29)18-5-4-12-24-22(18)26(27)14-21(28)25-19-13-17(30-2)10-11-20(19)31-3/h4-13H,14H2,1-3H3,(H,25,28). The second-order valence-corrected chi connectivity index (χ2v) is 7.00. The van der Waals surface area contributed by atoms with Crippen molar-refractivity contribution >= 4 is 22.6 Å². The van der Waals surface area contributed by atoms with Gasteiger partial charge in [0.15, 0.2) is 5.65 Å². The maximum absolute atomic E-state index is 13.1. The second kappa shape index (κ2) is 8.35. The van der Waals surface area contributed by atoms with Crippen LogP contribution in [0.5, 0.6) is 11.5 Å². The van der Waals surface area contributed by atoms with Crippen LogP contribution in [0.15, 0.2) is 65.6 Å². The van der Waals surface area contributed by atoms with Gasteiger partial charge in [-0.05, 0) is 43.3 Å². The summed E-state index contributed by atoms with van der Waals surface area (Å²) in [5, 5.41) is 3.28. The minimum atomic E-state index is -0.338. The number of fused-ring (bicyclic) bond motifs is 1. The van der Waals surface area contributed by atoms with Crippen LogP contribution in [0.3, 0.4) is 0 Å². The van der Waals surface area contributed by atoms with E-state index in [-0.39, 0.29) is 18.0 Å². The number of methoxy groups -OCH3 is 2. The zero-order valence-electron chi connectivity index (χ0n) is 17.5. The van der Waals surface area contributed by atoms with Crippen LogP contribution in [0.2, 0.25) is 0 Å². The quantitative estimate of drug-likeness (QED) is 0.520. The van der Waals surface area contributed by atoms with Gasteiger partial charge in [-0.15, -0.1) is 0 Å². The molecular weight excluding hydrogens is 396 g/mol. The fourth-order valence-corrected chi connectivity index (χ4v) is 3.41. The van der Waals surface area contributed by atoms with Gasteiger partial charge in [0.05, 0.1) is 31.0 Å². The van der Waals surface area contributed by atoms with Gasteiger partial charge in [0.2, 0.25) is 5.91 Å². The number of ether oxygens (including phenoxy) is 2. The van der Waals surface area contributed by atoms with Gasteiger partial charge < -0.3 is 14.8 Å². The first kappa shape index (κ1) is 20.2. The molecule has 2 aromatic heterocycles. The molecule has 0 saturated carbocycles. The first-order valence-electron chi connectivity index (χ1n) is 9.67. The molecule has 1 N–H and O–H groups in total. The molecular formula is C23H22N4O4. The van der Waals surface area contributed by atoms with Crippen LogP contribution in [-0.2, 0) is 11.3 Å². The molecule has 0 radical (unpaired) electrons. The third-order valence-electron chi connectivity index (χ3n) is 4.95. The number of pyridine rings is 1. The van der Waals surface area contributed by atoms with Crippen LogP contribution in [0.4, 0.5) is 5.69 Å². The highest BCUT2D eigenvalue weighted by molar-refractivity contribution is 5.93. The number of rotatable bonds is 6. The molecule has 0 aliphatic rings. The van der Waals surface area contributed by atoms with Crippen LogP contribution in [-0.4, -0.2) is 34.5 Å². The maximum Gasteiger partial charge on any atom is 0.280 e. The number of benzene rings is 2. The van der Waals surface area contributed by atoms with Crippen molar-refractivity contribution in [2.45, 2.75) is 13.5 Å². The third-order valence-corrected chi connectivity index (χ3v) is 4.95. The van der Waals surface area contributed by atoms with Crippen LogP contribution in [0, 0.1) is 6.92 Å². The fourth-order valence-electron chi connectivity index (χ4n) is 3.41. The number of aromatic nitrogens is 3. The summed E-state index contributed by atoms with van der Waals surface area (Å²) in [7, 11) is 3.07. The first-order chi connectivity index (χ1) is 15.0. The summed E-state index contributed by atoms with van der Waals surface area (Å²) in [5.74, 6) is 0.747. The van der Waals surface area contributed by atoms with Crippen molar-refractivity contribution in [2.75, 3.05) is 19.5 Å². The first-order valence-corrected chi connectivity index (χ1v) is 9.67. The Labute approximate surface area is 178 Å². The lowest BCUT2D eigenvalue weighted by molar-refractivity contribution is -0.117. The Bertz CT molecular complexity index is 1310. The van der Waals surface area contributed by atoms with Gasteiger partial charge >= 0.3 is 0 Å². The van der Waals surface area contributed by atoms with E-state index >= 15 is 0 Å². The highest BCUT2D eigenvalue weighted by atomic mass is 16.5. The van der Waals surface area contributed by atoms with Crippen molar-refractivity contribution in [1.82, 2.24) is 14.3 Å². The predicted molar refractivity (Wildman–Crippen MR) is 118 cm³/mol. The number of hydrogen-bond acceptors (Lipinski definition) is 5. The molecule has 158 valence electrons. The van der Waals surface area contributed by atoms with E-state index in [1.807, 2.05) is 31.2 Å². The lowest BCUT2D eigenvalue weighted by atomic mass is 10.2. The molecule has 2 aromatic carbocycles. The fraction of sp³-hybridized carbons (Fsp3) is 0.174. The van der Waals surface area contributed by atoms with Gasteiger partial charge in [-0.25, -0.2) is 9.67 Å². The summed E-state index contributed by atoms with van der Waals surface area (Å²) in [6.07, 6.45) is 1.60. The largest absolute Gasteiger partial charge is 0.497 e. The van der Waals surface area contributed by atoms with Crippen molar-refractivity contribution in [1.29, 1.82) is 0 Å². The number of carbonyl (C=O) groups is 1.